The summed E-state index contributed by atoms with van der Waals surface area (Å²) in [5, 5.41) is 13.4. The van der Waals surface area contributed by atoms with Gasteiger partial charge in [0, 0.05) is 12.5 Å². The van der Waals surface area contributed by atoms with Crippen LogP contribution in [0, 0.1) is 6.92 Å². The van der Waals surface area contributed by atoms with E-state index in [1.165, 1.54) is 10.6 Å². The molecule has 0 fully saturated rings. The number of hydrogen-bond acceptors (Lipinski definition) is 5. The van der Waals surface area contributed by atoms with E-state index in [2.05, 4.69) is 15.1 Å². The first-order chi connectivity index (χ1) is 9.58. The molecule has 0 atom stereocenters. The minimum absolute atomic E-state index is 0.00579. The Bertz CT molecular complexity index is 803. The Hall–Kier alpha value is -2.70. The van der Waals surface area contributed by atoms with E-state index >= 15 is 0 Å². The molecule has 0 aromatic carbocycles. The van der Waals surface area contributed by atoms with Crippen LogP contribution in [0.4, 0.5) is 0 Å². The summed E-state index contributed by atoms with van der Waals surface area (Å²) >= 11 is 0. The molecular weight excluding hydrogens is 260 g/mol. The van der Waals surface area contributed by atoms with Gasteiger partial charge < -0.3 is 9.52 Å². The van der Waals surface area contributed by atoms with E-state index in [1.54, 1.807) is 12.1 Å². The highest BCUT2D eigenvalue weighted by atomic mass is 16.4. The zero-order valence-corrected chi connectivity index (χ0v) is 11.0. The number of nitrogens with zero attached hydrogens (tertiary/aromatic N) is 4. The SMILES string of the molecule is CCc1nc2nc(-c3ccc(C)o3)cc(C(=O)O)n2n1. The van der Waals surface area contributed by atoms with Crippen molar-refractivity contribution in [2.24, 2.45) is 0 Å². The van der Waals surface area contributed by atoms with Crippen molar-refractivity contribution >= 4 is 11.7 Å². The third-order valence-corrected chi connectivity index (χ3v) is 2.88. The summed E-state index contributed by atoms with van der Waals surface area (Å²) in [6.45, 7) is 3.71. The van der Waals surface area contributed by atoms with Crippen molar-refractivity contribution in [3.63, 3.8) is 0 Å². The van der Waals surface area contributed by atoms with Gasteiger partial charge in [-0.05, 0) is 19.1 Å². The number of carboxylic acids is 1. The molecule has 20 heavy (non-hydrogen) atoms. The molecule has 0 unspecified atom stereocenters. The number of furan rings is 1. The predicted octanol–water partition coefficient (Wildman–Crippen LogP) is 1.95. The van der Waals surface area contributed by atoms with Gasteiger partial charge in [-0.1, -0.05) is 6.92 Å². The molecule has 3 heterocycles. The number of rotatable bonds is 3. The third kappa shape index (κ3) is 1.93. The fourth-order valence-electron chi connectivity index (χ4n) is 1.91. The number of aromatic nitrogens is 4. The Morgan fingerprint density at radius 3 is 2.80 bits per heavy atom. The van der Waals surface area contributed by atoms with Crippen molar-refractivity contribution < 1.29 is 14.3 Å². The number of hydrogen-bond donors (Lipinski definition) is 1. The lowest BCUT2D eigenvalue weighted by Gasteiger charge is -2.01. The van der Waals surface area contributed by atoms with E-state index in [1.807, 2.05) is 13.8 Å². The fourth-order valence-corrected chi connectivity index (χ4v) is 1.91. The highest BCUT2D eigenvalue weighted by molar-refractivity contribution is 5.87. The molecule has 0 aliphatic rings. The minimum atomic E-state index is -1.09. The minimum Gasteiger partial charge on any atom is -0.477 e. The van der Waals surface area contributed by atoms with Gasteiger partial charge in [-0.25, -0.2) is 9.78 Å². The molecule has 7 heteroatoms. The van der Waals surface area contributed by atoms with E-state index in [4.69, 9.17) is 4.42 Å². The number of carboxylic acid groups (broad SMARTS) is 1. The van der Waals surface area contributed by atoms with Crippen LogP contribution in [0.2, 0.25) is 0 Å². The molecule has 0 saturated heterocycles. The van der Waals surface area contributed by atoms with E-state index in [9.17, 15) is 9.90 Å². The highest BCUT2D eigenvalue weighted by Gasteiger charge is 2.17. The molecular formula is C13H12N4O3. The molecule has 7 nitrogen and oxygen atoms in total. The molecule has 0 aliphatic heterocycles. The summed E-state index contributed by atoms with van der Waals surface area (Å²) in [5.41, 5.74) is 0.435. The van der Waals surface area contributed by atoms with Gasteiger partial charge in [-0.15, -0.1) is 5.10 Å². The molecule has 0 radical (unpaired) electrons. The number of fused-ring (bicyclic) bond motifs is 1. The summed E-state index contributed by atoms with van der Waals surface area (Å²) < 4.78 is 6.71. The van der Waals surface area contributed by atoms with Crippen molar-refractivity contribution in [3.8, 4) is 11.5 Å². The number of carbonyl (C=O) groups is 1. The predicted molar refractivity (Wildman–Crippen MR) is 69.6 cm³/mol. The maximum atomic E-state index is 11.4. The first-order valence-corrected chi connectivity index (χ1v) is 6.15. The Balaban J connectivity index is 2.27. The molecule has 102 valence electrons. The lowest BCUT2D eigenvalue weighted by molar-refractivity contribution is 0.0687. The van der Waals surface area contributed by atoms with Crippen molar-refractivity contribution in [2.45, 2.75) is 20.3 Å². The summed E-state index contributed by atoms with van der Waals surface area (Å²) in [7, 11) is 0. The monoisotopic (exact) mass is 272 g/mol. The van der Waals surface area contributed by atoms with Gasteiger partial charge in [0.05, 0.1) is 0 Å². The maximum Gasteiger partial charge on any atom is 0.354 e. The Kier molecular flexibility index (Phi) is 2.74. The van der Waals surface area contributed by atoms with Crippen LogP contribution in [0.5, 0.6) is 0 Å². The third-order valence-electron chi connectivity index (χ3n) is 2.88. The van der Waals surface area contributed by atoms with Crippen LogP contribution in [0.15, 0.2) is 22.6 Å². The largest absolute Gasteiger partial charge is 0.477 e. The van der Waals surface area contributed by atoms with Gasteiger partial charge in [-0.3, -0.25) is 0 Å². The summed E-state index contributed by atoms with van der Waals surface area (Å²) in [6.07, 6.45) is 0.609. The molecule has 3 aromatic rings. The van der Waals surface area contributed by atoms with Gasteiger partial charge in [-0.2, -0.15) is 9.50 Å². The average Bonchev–Trinajstić information content (AvgIpc) is 3.02. The molecule has 0 saturated carbocycles. The summed E-state index contributed by atoms with van der Waals surface area (Å²) in [6, 6.07) is 4.97. The van der Waals surface area contributed by atoms with Crippen molar-refractivity contribution in [1.29, 1.82) is 0 Å². The normalized spacial score (nSPS) is 11.1. The van der Waals surface area contributed by atoms with Gasteiger partial charge in [0.2, 0.25) is 0 Å². The lowest BCUT2D eigenvalue weighted by Crippen LogP contribution is -2.08. The van der Waals surface area contributed by atoms with E-state index < -0.39 is 5.97 Å². The molecule has 0 aliphatic carbocycles. The zero-order chi connectivity index (χ0) is 14.3. The fraction of sp³-hybridized carbons (Fsp3) is 0.231. The second kappa shape index (κ2) is 4.44. The summed E-state index contributed by atoms with van der Waals surface area (Å²) in [4.78, 5) is 19.9. The first-order valence-electron chi connectivity index (χ1n) is 6.15. The van der Waals surface area contributed by atoms with Crippen LogP contribution >= 0.6 is 0 Å². The lowest BCUT2D eigenvalue weighted by atomic mass is 10.2. The second-order valence-electron chi connectivity index (χ2n) is 4.34. The van der Waals surface area contributed by atoms with Gasteiger partial charge in [0.1, 0.15) is 11.5 Å². The standard InChI is InChI=1S/C13H12N4O3/c1-3-11-15-13-14-8(10-5-4-7(2)20-10)6-9(12(18)19)17(13)16-11/h4-6H,3H2,1-2H3,(H,18,19). The maximum absolute atomic E-state index is 11.4. The summed E-state index contributed by atoms with van der Waals surface area (Å²) in [5.74, 6) is 0.955. The zero-order valence-electron chi connectivity index (χ0n) is 11.0. The van der Waals surface area contributed by atoms with Crippen LogP contribution in [-0.2, 0) is 6.42 Å². The van der Waals surface area contributed by atoms with Crippen molar-refractivity contribution in [3.05, 3.63) is 35.5 Å². The highest BCUT2D eigenvalue weighted by Crippen LogP contribution is 2.21. The van der Waals surface area contributed by atoms with Crippen molar-refractivity contribution in [2.75, 3.05) is 0 Å². The van der Waals surface area contributed by atoms with Crippen LogP contribution < -0.4 is 0 Å². The van der Waals surface area contributed by atoms with E-state index in [-0.39, 0.29) is 11.5 Å². The first kappa shape index (κ1) is 12.3. The number of aryl methyl sites for hydroxylation is 2. The molecule has 0 spiro atoms. The molecule has 1 N–H and O–H groups in total. The van der Waals surface area contributed by atoms with E-state index in [0.717, 1.165) is 5.76 Å². The van der Waals surface area contributed by atoms with E-state index in [0.29, 0.717) is 23.7 Å². The number of aromatic carboxylic acids is 1. The molecule has 3 rings (SSSR count). The topological polar surface area (TPSA) is 93.5 Å². The Morgan fingerprint density at radius 2 is 2.20 bits per heavy atom. The van der Waals surface area contributed by atoms with Crippen LogP contribution in [0.25, 0.3) is 17.2 Å². The molecule has 0 amide bonds. The molecule has 3 aromatic heterocycles. The van der Waals surface area contributed by atoms with Gasteiger partial charge >= 0.3 is 5.97 Å². The quantitative estimate of drug-likeness (QED) is 0.783. The van der Waals surface area contributed by atoms with Crippen LogP contribution in [0.1, 0.15) is 29.0 Å². The van der Waals surface area contributed by atoms with Crippen LogP contribution in [0.3, 0.4) is 0 Å². The Morgan fingerprint density at radius 1 is 1.40 bits per heavy atom. The van der Waals surface area contributed by atoms with Crippen LogP contribution in [-0.4, -0.2) is 30.7 Å². The van der Waals surface area contributed by atoms with Gasteiger partial charge in [0.15, 0.2) is 17.3 Å². The van der Waals surface area contributed by atoms with Gasteiger partial charge in [0.25, 0.3) is 5.78 Å². The smallest absolute Gasteiger partial charge is 0.354 e. The molecule has 0 bridgehead atoms. The average molecular weight is 272 g/mol. The Labute approximate surface area is 113 Å². The van der Waals surface area contributed by atoms with Crippen molar-refractivity contribution in [1.82, 2.24) is 19.6 Å². The second-order valence-corrected chi connectivity index (χ2v) is 4.34.